The van der Waals surface area contributed by atoms with Crippen molar-refractivity contribution in [2.24, 2.45) is 0 Å². The number of nitrogens with zero attached hydrogens (tertiary/aromatic N) is 1. The van der Waals surface area contributed by atoms with Crippen molar-refractivity contribution in [1.29, 1.82) is 0 Å². The number of rotatable bonds is 2. The molecule has 0 amide bonds. The number of nitro groups is 1. The van der Waals surface area contributed by atoms with Gasteiger partial charge in [0.1, 0.15) is 5.72 Å². The molecular weight excluding hydrogens is 292 g/mol. The standard InChI is InChI=1S/C18H18N2O3/c1-18-11-14(12-7-3-2-4-8-12)16(20(21)22)17(23-18)13-9-5-6-10-15(13)19-18/h2-10,14,16-17,19H,11H2,1H3. The van der Waals surface area contributed by atoms with Gasteiger partial charge in [0.05, 0.1) is 5.92 Å². The van der Waals surface area contributed by atoms with Crippen LogP contribution in [0.4, 0.5) is 5.69 Å². The molecule has 2 bridgehead atoms. The van der Waals surface area contributed by atoms with Crippen molar-refractivity contribution in [1.82, 2.24) is 0 Å². The second-order valence-electron chi connectivity index (χ2n) is 6.48. The summed E-state index contributed by atoms with van der Waals surface area (Å²) in [6.07, 6.45) is 0.0273. The largest absolute Gasteiger partial charge is 0.357 e. The van der Waals surface area contributed by atoms with Crippen molar-refractivity contribution < 1.29 is 9.66 Å². The highest BCUT2D eigenvalue weighted by Crippen LogP contribution is 2.51. The van der Waals surface area contributed by atoms with Crippen LogP contribution in [0, 0.1) is 10.1 Å². The third-order valence-electron chi connectivity index (χ3n) is 4.86. The van der Waals surface area contributed by atoms with Crippen molar-refractivity contribution in [2.45, 2.75) is 37.1 Å². The molecule has 2 heterocycles. The summed E-state index contributed by atoms with van der Waals surface area (Å²) in [5, 5.41) is 15.3. The number of para-hydroxylation sites is 1. The molecule has 1 saturated heterocycles. The topological polar surface area (TPSA) is 64.4 Å². The minimum Gasteiger partial charge on any atom is -0.357 e. The Hall–Kier alpha value is -2.40. The minimum atomic E-state index is -0.784. The quantitative estimate of drug-likeness (QED) is 0.678. The van der Waals surface area contributed by atoms with E-state index in [9.17, 15) is 10.1 Å². The van der Waals surface area contributed by atoms with Gasteiger partial charge in [-0.15, -0.1) is 0 Å². The van der Waals surface area contributed by atoms with Gasteiger partial charge in [0.25, 0.3) is 0 Å². The van der Waals surface area contributed by atoms with Gasteiger partial charge in [-0.1, -0.05) is 48.5 Å². The molecule has 0 spiro atoms. The highest BCUT2D eigenvalue weighted by atomic mass is 16.6. The van der Waals surface area contributed by atoms with Crippen LogP contribution in [0.5, 0.6) is 0 Å². The van der Waals surface area contributed by atoms with Gasteiger partial charge < -0.3 is 10.1 Å². The van der Waals surface area contributed by atoms with E-state index in [1.54, 1.807) is 0 Å². The van der Waals surface area contributed by atoms with Crippen LogP contribution in [0.2, 0.25) is 0 Å². The molecule has 0 radical (unpaired) electrons. The lowest BCUT2D eigenvalue weighted by Gasteiger charge is -2.48. The smallest absolute Gasteiger partial charge is 0.250 e. The molecule has 4 unspecified atom stereocenters. The molecule has 4 rings (SSSR count). The van der Waals surface area contributed by atoms with E-state index in [-0.39, 0.29) is 10.8 Å². The summed E-state index contributed by atoms with van der Waals surface area (Å²) >= 11 is 0. The Morgan fingerprint density at radius 1 is 1.17 bits per heavy atom. The maximum atomic E-state index is 11.9. The zero-order chi connectivity index (χ0) is 16.0. The Balaban J connectivity index is 1.84. The van der Waals surface area contributed by atoms with Crippen LogP contribution in [0.3, 0.4) is 0 Å². The van der Waals surface area contributed by atoms with Crippen LogP contribution in [-0.2, 0) is 4.74 Å². The minimum absolute atomic E-state index is 0.177. The second kappa shape index (κ2) is 5.06. The van der Waals surface area contributed by atoms with Gasteiger partial charge in [-0.05, 0) is 18.6 Å². The maximum Gasteiger partial charge on any atom is 0.250 e. The number of hydrogen-bond acceptors (Lipinski definition) is 4. The van der Waals surface area contributed by atoms with Gasteiger partial charge in [-0.25, -0.2) is 0 Å². The Labute approximate surface area is 134 Å². The van der Waals surface area contributed by atoms with Gasteiger partial charge in [0.2, 0.25) is 6.04 Å². The fourth-order valence-electron chi connectivity index (χ4n) is 3.89. The molecule has 118 valence electrons. The van der Waals surface area contributed by atoms with Crippen molar-refractivity contribution in [3.05, 3.63) is 75.8 Å². The van der Waals surface area contributed by atoms with Gasteiger partial charge >= 0.3 is 0 Å². The Morgan fingerprint density at radius 3 is 2.61 bits per heavy atom. The average molecular weight is 310 g/mol. The Bertz CT molecular complexity index is 749. The monoisotopic (exact) mass is 310 g/mol. The second-order valence-corrected chi connectivity index (χ2v) is 6.48. The van der Waals surface area contributed by atoms with Gasteiger partial charge in [0, 0.05) is 22.6 Å². The zero-order valence-electron chi connectivity index (χ0n) is 12.8. The van der Waals surface area contributed by atoms with Gasteiger partial charge in [-0.2, -0.15) is 0 Å². The molecular formula is C18H18N2O3. The number of nitrogens with one attached hydrogen (secondary N) is 1. The third-order valence-corrected chi connectivity index (χ3v) is 4.86. The van der Waals surface area contributed by atoms with E-state index >= 15 is 0 Å². The molecule has 4 atom stereocenters. The van der Waals surface area contributed by atoms with Crippen LogP contribution in [0.25, 0.3) is 0 Å². The summed E-state index contributed by atoms with van der Waals surface area (Å²) in [6.45, 7) is 1.97. The number of anilines is 1. The molecule has 1 fully saturated rings. The highest BCUT2D eigenvalue weighted by Gasteiger charge is 2.55. The summed E-state index contributed by atoms with van der Waals surface area (Å²) in [4.78, 5) is 11.7. The van der Waals surface area contributed by atoms with E-state index in [0.29, 0.717) is 6.42 Å². The fourth-order valence-corrected chi connectivity index (χ4v) is 3.89. The normalized spacial score (nSPS) is 31.8. The van der Waals surface area contributed by atoms with E-state index in [2.05, 4.69) is 5.32 Å². The van der Waals surface area contributed by atoms with Crippen molar-refractivity contribution in [2.75, 3.05) is 5.32 Å². The Morgan fingerprint density at radius 2 is 1.87 bits per heavy atom. The molecule has 2 aromatic rings. The van der Waals surface area contributed by atoms with E-state index in [0.717, 1.165) is 16.8 Å². The summed E-state index contributed by atoms with van der Waals surface area (Å²) in [6, 6.07) is 16.7. The number of ether oxygens (including phenoxy) is 1. The van der Waals surface area contributed by atoms with E-state index < -0.39 is 17.9 Å². The van der Waals surface area contributed by atoms with E-state index in [4.69, 9.17) is 4.74 Å². The van der Waals surface area contributed by atoms with E-state index in [1.165, 1.54) is 0 Å². The average Bonchev–Trinajstić information content (AvgIpc) is 2.54. The molecule has 1 N–H and O–H groups in total. The predicted octanol–water partition coefficient (Wildman–Crippen LogP) is 3.72. The van der Waals surface area contributed by atoms with Gasteiger partial charge in [-0.3, -0.25) is 10.1 Å². The van der Waals surface area contributed by atoms with E-state index in [1.807, 2.05) is 61.5 Å². The molecule has 0 saturated carbocycles. The van der Waals surface area contributed by atoms with Crippen molar-refractivity contribution in [3.63, 3.8) is 0 Å². The first kappa shape index (κ1) is 14.2. The molecule has 2 aromatic carbocycles. The maximum absolute atomic E-state index is 11.9. The lowest BCUT2D eigenvalue weighted by atomic mass is 9.76. The van der Waals surface area contributed by atoms with Crippen LogP contribution < -0.4 is 5.32 Å². The molecule has 5 nitrogen and oxygen atoms in total. The predicted molar refractivity (Wildman–Crippen MR) is 86.9 cm³/mol. The molecule has 0 aromatic heterocycles. The van der Waals surface area contributed by atoms with Crippen LogP contribution >= 0.6 is 0 Å². The first-order chi connectivity index (χ1) is 11.1. The first-order valence-electron chi connectivity index (χ1n) is 7.81. The molecule has 0 aliphatic carbocycles. The summed E-state index contributed by atoms with van der Waals surface area (Å²) in [5.41, 5.74) is 2.21. The lowest BCUT2D eigenvalue weighted by molar-refractivity contribution is -0.550. The van der Waals surface area contributed by atoms with Crippen LogP contribution in [0.1, 0.15) is 36.5 Å². The molecule has 23 heavy (non-hydrogen) atoms. The number of hydrogen-bond donors (Lipinski definition) is 1. The fraction of sp³-hybridized carbons (Fsp3) is 0.333. The van der Waals surface area contributed by atoms with Gasteiger partial charge in [0.15, 0.2) is 6.10 Å². The highest BCUT2D eigenvalue weighted by molar-refractivity contribution is 5.56. The SMILES string of the molecule is CC12CC(c3ccccc3)C([N+](=O)[O-])C(O1)c1ccccc1N2. The zero-order valence-corrected chi connectivity index (χ0v) is 12.8. The summed E-state index contributed by atoms with van der Waals surface area (Å²) in [5.74, 6) is -0.184. The third kappa shape index (κ3) is 2.28. The van der Waals surface area contributed by atoms with Crippen LogP contribution in [-0.4, -0.2) is 16.7 Å². The summed E-state index contributed by atoms with van der Waals surface area (Å²) in [7, 11) is 0. The number of benzene rings is 2. The molecule has 2 aliphatic heterocycles. The molecule has 2 aliphatic rings. The van der Waals surface area contributed by atoms with Crippen LogP contribution in [0.15, 0.2) is 54.6 Å². The van der Waals surface area contributed by atoms with Crippen molar-refractivity contribution in [3.8, 4) is 0 Å². The molecule has 5 heteroatoms. The Kier molecular flexibility index (Phi) is 3.13. The first-order valence-corrected chi connectivity index (χ1v) is 7.81. The number of fused-ring (bicyclic) bond motifs is 4. The van der Waals surface area contributed by atoms with Crippen molar-refractivity contribution >= 4 is 5.69 Å². The summed E-state index contributed by atoms with van der Waals surface area (Å²) < 4.78 is 6.11. The lowest BCUT2D eigenvalue weighted by Crippen LogP contribution is -2.55.